The number of likely N-dealkylation sites (tertiary alicyclic amines) is 1. The average Bonchev–Trinajstić information content (AvgIpc) is 3.39. The van der Waals surface area contributed by atoms with Crippen LogP contribution in [0, 0.1) is 28.9 Å². The maximum atomic E-state index is 14.2. The minimum absolute atomic E-state index is 0.0357. The molecule has 2 bridgehead atoms. The van der Waals surface area contributed by atoms with Crippen molar-refractivity contribution in [1.29, 1.82) is 5.26 Å². The molecule has 0 saturated carbocycles. The van der Waals surface area contributed by atoms with Crippen LogP contribution in [0.1, 0.15) is 23.1 Å². The number of nitriles is 1. The third kappa shape index (κ3) is 3.22. The molecule has 0 radical (unpaired) electrons. The van der Waals surface area contributed by atoms with Crippen molar-refractivity contribution in [3.63, 3.8) is 0 Å². The van der Waals surface area contributed by atoms with Crippen LogP contribution in [0.25, 0.3) is 5.57 Å². The monoisotopic (exact) mass is 420 g/mol. The van der Waals surface area contributed by atoms with Crippen molar-refractivity contribution in [2.75, 3.05) is 18.4 Å². The molecule has 2 aromatic carbocycles. The summed E-state index contributed by atoms with van der Waals surface area (Å²) in [5.74, 6) is -2.00. The van der Waals surface area contributed by atoms with E-state index in [1.54, 1.807) is 17.0 Å². The van der Waals surface area contributed by atoms with Crippen LogP contribution in [0.4, 0.5) is 19.3 Å². The molecule has 3 aliphatic rings. The second-order valence-corrected chi connectivity index (χ2v) is 8.04. The average molecular weight is 420 g/mol. The summed E-state index contributed by atoms with van der Waals surface area (Å²) in [6.45, 7) is 0.181. The van der Waals surface area contributed by atoms with Crippen molar-refractivity contribution in [2.45, 2.75) is 19.0 Å². The molecule has 6 nitrogen and oxygen atoms in total. The third-order valence-electron chi connectivity index (χ3n) is 6.18. The van der Waals surface area contributed by atoms with Crippen molar-refractivity contribution in [3.05, 3.63) is 70.8 Å². The summed E-state index contributed by atoms with van der Waals surface area (Å²) < 4.78 is 27.7. The minimum atomic E-state index is -1.01. The smallest absolute Gasteiger partial charge is 0.322 e. The van der Waals surface area contributed by atoms with Crippen LogP contribution < -0.4 is 5.32 Å². The van der Waals surface area contributed by atoms with Gasteiger partial charge in [-0.05, 0) is 47.7 Å². The maximum absolute atomic E-state index is 14.2. The number of fused-ring (bicyclic) bond motifs is 3. The molecular weight excluding hydrogens is 402 g/mol. The number of nitrogens with one attached hydrogen (secondary N) is 1. The van der Waals surface area contributed by atoms with Crippen molar-refractivity contribution in [3.8, 4) is 6.07 Å². The molecule has 5 rings (SSSR count). The number of rotatable bonds is 3. The van der Waals surface area contributed by atoms with Gasteiger partial charge in [0.2, 0.25) is 5.91 Å². The fraction of sp³-hybridized carbons (Fsp3) is 0.261. The predicted molar refractivity (Wildman–Crippen MR) is 109 cm³/mol. The van der Waals surface area contributed by atoms with Gasteiger partial charge in [-0.15, -0.1) is 0 Å². The molecule has 0 unspecified atom stereocenters. The zero-order valence-corrected chi connectivity index (χ0v) is 16.4. The van der Waals surface area contributed by atoms with Gasteiger partial charge in [0.25, 0.3) is 0 Å². The highest BCUT2D eigenvalue weighted by atomic mass is 19.2. The molecule has 2 heterocycles. The lowest BCUT2D eigenvalue weighted by molar-refractivity contribution is -0.132. The SMILES string of the molecule is N#Cc1ccc(C2=C[C@H]3C[C@@H]2N(C(=O)CN2Cc4c(ccc(F)c4F)NC2=O)C3)cc1. The van der Waals surface area contributed by atoms with Gasteiger partial charge in [-0.2, -0.15) is 5.26 Å². The van der Waals surface area contributed by atoms with Crippen LogP contribution in [0.2, 0.25) is 0 Å². The quantitative estimate of drug-likeness (QED) is 0.826. The van der Waals surface area contributed by atoms with Crippen molar-refractivity contribution >= 4 is 23.2 Å². The Morgan fingerprint density at radius 2 is 1.97 bits per heavy atom. The van der Waals surface area contributed by atoms with E-state index in [9.17, 15) is 18.4 Å². The second kappa shape index (κ2) is 7.20. The first-order chi connectivity index (χ1) is 14.9. The summed E-state index contributed by atoms with van der Waals surface area (Å²) in [7, 11) is 0. The van der Waals surface area contributed by atoms with E-state index in [0.717, 1.165) is 23.6 Å². The lowest BCUT2D eigenvalue weighted by Gasteiger charge is -2.33. The number of hydrogen-bond donors (Lipinski definition) is 1. The van der Waals surface area contributed by atoms with Gasteiger partial charge in [0, 0.05) is 12.1 Å². The molecule has 2 atom stereocenters. The van der Waals surface area contributed by atoms with Gasteiger partial charge in [0.05, 0.1) is 29.9 Å². The molecule has 156 valence electrons. The maximum Gasteiger partial charge on any atom is 0.322 e. The van der Waals surface area contributed by atoms with Crippen LogP contribution in [0.5, 0.6) is 0 Å². The van der Waals surface area contributed by atoms with Crippen LogP contribution in [0.15, 0.2) is 42.5 Å². The zero-order chi connectivity index (χ0) is 21.7. The Labute approximate surface area is 177 Å². The molecule has 3 amide bonds. The highest BCUT2D eigenvalue weighted by molar-refractivity contribution is 5.95. The Bertz CT molecular complexity index is 1170. The summed E-state index contributed by atoms with van der Waals surface area (Å²) in [6, 6.07) is 11.0. The molecule has 31 heavy (non-hydrogen) atoms. The Morgan fingerprint density at radius 3 is 2.68 bits per heavy atom. The molecule has 0 aromatic heterocycles. The van der Waals surface area contributed by atoms with Gasteiger partial charge in [-0.25, -0.2) is 13.6 Å². The van der Waals surface area contributed by atoms with Crippen molar-refractivity contribution in [2.24, 2.45) is 5.92 Å². The highest BCUT2D eigenvalue weighted by Crippen LogP contribution is 2.42. The van der Waals surface area contributed by atoms with E-state index in [0.29, 0.717) is 12.1 Å². The Balaban J connectivity index is 1.32. The minimum Gasteiger partial charge on any atom is -0.333 e. The Kier molecular flexibility index (Phi) is 4.47. The third-order valence-corrected chi connectivity index (χ3v) is 6.18. The van der Waals surface area contributed by atoms with E-state index in [4.69, 9.17) is 5.26 Å². The highest BCUT2D eigenvalue weighted by Gasteiger charge is 2.42. The molecule has 1 N–H and O–H groups in total. The number of halogens is 2. The fourth-order valence-corrected chi connectivity index (χ4v) is 4.65. The summed E-state index contributed by atoms with van der Waals surface area (Å²) in [5.41, 5.74) is 2.83. The van der Waals surface area contributed by atoms with E-state index >= 15 is 0 Å². The van der Waals surface area contributed by atoms with Gasteiger partial charge < -0.3 is 15.1 Å². The summed E-state index contributed by atoms with van der Waals surface area (Å²) in [4.78, 5) is 28.4. The first-order valence-electron chi connectivity index (χ1n) is 9.99. The number of urea groups is 1. The van der Waals surface area contributed by atoms with Gasteiger partial charge in [-0.3, -0.25) is 4.79 Å². The molecule has 1 fully saturated rings. The summed E-state index contributed by atoms with van der Waals surface area (Å²) in [6.07, 6.45) is 2.98. The van der Waals surface area contributed by atoms with E-state index in [1.165, 1.54) is 11.0 Å². The number of nitrogens with zero attached hydrogens (tertiary/aromatic N) is 3. The van der Waals surface area contributed by atoms with Gasteiger partial charge >= 0.3 is 6.03 Å². The number of carbonyl (C=O) groups is 2. The number of anilines is 1. The molecule has 2 aliphatic heterocycles. The van der Waals surface area contributed by atoms with Crippen LogP contribution in [-0.4, -0.2) is 40.9 Å². The topological polar surface area (TPSA) is 76.4 Å². The molecular formula is C23H18F2N4O2. The van der Waals surface area contributed by atoms with Crippen molar-refractivity contribution in [1.82, 2.24) is 9.80 Å². The Hall–Kier alpha value is -3.73. The first-order valence-corrected chi connectivity index (χ1v) is 9.99. The predicted octanol–water partition coefficient (Wildman–Crippen LogP) is 3.50. The molecule has 1 saturated heterocycles. The van der Waals surface area contributed by atoms with Gasteiger partial charge in [0.1, 0.15) is 6.54 Å². The van der Waals surface area contributed by atoms with E-state index in [-0.39, 0.29) is 42.2 Å². The van der Waals surface area contributed by atoms with Crippen LogP contribution in [-0.2, 0) is 11.3 Å². The molecule has 1 aliphatic carbocycles. The zero-order valence-electron chi connectivity index (χ0n) is 16.4. The summed E-state index contributed by atoms with van der Waals surface area (Å²) >= 11 is 0. The largest absolute Gasteiger partial charge is 0.333 e. The standard InChI is InChI=1S/C23H18F2N4O2/c24-18-5-6-19-17(22(18)25)11-28(23(31)27-19)12-21(30)29-10-14-7-16(20(29)8-14)15-3-1-13(9-26)2-4-15/h1-7,14,20H,8,10-12H2,(H,27,31)/t14-,20-/m0/s1. The molecule has 8 heteroatoms. The second-order valence-electron chi connectivity index (χ2n) is 8.04. The van der Waals surface area contributed by atoms with E-state index in [1.807, 2.05) is 12.1 Å². The number of carbonyl (C=O) groups excluding carboxylic acids is 2. The first kappa shape index (κ1) is 19.2. The van der Waals surface area contributed by atoms with E-state index in [2.05, 4.69) is 17.5 Å². The normalized spacial score (nSPS) is 21.5. The van der Waals surface area contributed by atoms with Crippen molar-refractivity contribution < 1.29 is 18.4 Å². The molecule has 0 spiro atoms. The van der Waals surface area contributed by atoms with E-state index < -0.39 is 17.7 Å². The lowest BCUT2D eigenvalue weighted by Crippen LogP contribution is -2.48. The number of amides is 3. The lowest BCUT2D eigenvalue weighted by atomic mass is 9.99. The molecule has 2 aromatic rings. The fourth-order valence-electron chi connectivity index (χ4n) is 4.65. The summed E-state index contributed by atoms with van der Waals surface area (Å²) in [5, 5.41) is 11.5. The number of benzene rings is 2. The van der Waals surface area contributed by atoms with Crippen LogP contribution in [0.3, 0.4) is 0 Å². The van der Waals surface area contributed by atoms with Crippen LogP contribution >= 0.6 is 0 Å². The van der Waals surface area contributed by atoms with Gasteiger partial charge in [-0.1, -0.05) is 18.2 Å². The number of hydrogen-bond acceptors (Lipinski definition) is 3. The van der Waals surface area contributed by atoms with Gasteiger partial charge in [0.15, 0.2) is 11.6 Å². The Morgan fingerprint density at radius 1 is 1.19 bits per heavy atom.